The average Bonchev–Trinajstić information content (AvgIpc) is 3.32. The number of hydrogen-bond acceptors (Lipinski definition) is 12. The van der Waals surface area contributed by atoms with Gasteiger partial charge in [-0.15, -0.1) is 0 Å². The number of amides is 2. The number of carbonyl (C=O) groups is 3. The van der Waals surface area contributed by atoms with E-state index in [9.17, 15) is 14.4 Å². The summed E-state index contributed by atoms with van der Waals surface area (Å²) in [5, 5.41) is 9.00. The van der Waals surface area contributed by atoms with E-state index in [4.69, 9.17) is 14.7 Å². The summed E-state index contributed by atoms with van der Waals surface area (Å²) in [4.78, 5) is 61.3. The lowest BCUT2D eigenvalue weighted by Gasteiger charge is -2.37. The van der Waals surface area contributed by atoms with E-state index < -0.39 is 11.2 Å². The van der Waals surface area contributed by atoms with Gasteiger partial charge < -0.3 is 29.1 Å². The van der Waals surface area contributed by atoms with Crippen molar-refractivity contribution in [2.24, 2.45) is 0 Å². The first-order valence-corrected chi connectivity index (χ1v) is 17.5. The first-order valence-electron chi connectivity index (χ1n) is 16.7. The molecule has 266 valence electrons. The number of hydrogen-bond donors (Lipinski definition) is 0. The topological polar surface area (TPSA) is 158 Å². The van der Waals surface area contributed by atoms with Crippen LogP contribution in [0.5, 0.6) is 0 Å². The van der Waals surface area contributed by atoms with Crippen molar-refractivity contribution in [3.8, 4) is 6.07 Å². The summed E-state index contributed by atoms with van der Waals surface area (Å²) in [7, 11) is 0. The highest BCUT2D eigenvalue weighted by Crippen LogP contribution is 2.37. The number of nitrogens with zero attached hydrogens (tertiary/aromatic N) is 9. The maximum Gasteiger partial charge on any atom is 0.410 e. The second kappa shape index (κ2) is 15.7. The van der Waals surface area contributed by atoms with Crippen molar-refractivity contribution in [1.82, 2.24) is 29.7 Å². The lowest BCUT2D eigenvalue weighted by Crippen LogP contribution is -2.50. The molecule has 2 fully saturated rings. The number of anilines is 2. The van der Waals surface area contributed by atoms with Crippen molar-refractivity contribution in [2.45, 2.75) is 91.3 Å². The SMILES string of the molecule is C[C@@H]1CC(=O)c2ncnc(N3CCN(C(=O)OC(C)(C)C)CC3)c21.C[C@H](CC#N)c1c(Br)ncnc1N1CCN(C(=O)OC(C)(C)C)CC1. The molecular formula is C34H48BrN9O5. The van der Waals surface area contributed by atoms with Gasteiger partial charge in [-0.2, -0.15) is 5.26 Å². The molecule has 2 saturated heterocycles. The van der Waals surface area contributed by atoms with Crippen LogP contribution in [0.3, 0.4) is 0 Å². The molecule has 0 unspecified atom stereocenters. The van der Waals surface area contributed by atoms with E-state index in [0.29, 0.717) is 70.9 Å². The number of Topliss-reactive ketones (excluding diaryl/α,β-unsaturated/α-hetero) is 1. The predicted molar refractivity (Wildman–Crippen MR) is 188 cm³/mol. The van der Waals surface area contributed by atoms with Gasteiger partial charge in [-0.25, -0.2) is 29.5 Å². The molecular weight excluding hydrogens is 694 g/mol. The van der Waals surface area contributed by atoms with Crippen LogP contribution in [0.25, 0.3) is 0 Å². The molecule has 0 aromatic carbocycles. The minimum Gasteiger partial charge on any atom is -0.444 e. The molecule has 2 aromatic heterocycles. The second-order valence-corrected chi connectivity index (χ2v) is 15.3. The number of rotatable bonds is 4. The third-order valence-electron chi connectivity index (χ3n) is 8.28. The molecule has 3 aliphatic rings. The van der Waals surface area contributed by atoms with Crippen LogP contribution < -0.4 is 9.80 Å². The molecule has 2 amide bonds. The molecule has 0 bridgehead atoms. The normalized spacial score (nSPS) is 18.6. The van der Waals surface area contributed by atoms with Gasteiger partial charge in [-0.05, 0) is 63.4 Å². The lowest BCUT2D eigenvalue weighted by molar-refractivity contribution is 0.0230. The summed E-state index contributed by atoms with van der Waals surface area (Å²) in [6.07, 6.45) is 3.32. The molecule has 15 heteroatoms. The average molecular weight is 743 g/mol. The number of fused-ring (bicyclic) bond motifs is 1. The van der Waals surface area contributed by atoms with Crippen molar-refractivity contribution < 1.29 is 23.9 Å². The number of nitriles is 1. The highest BCUT2D eigenvalue weighted by atomic mass is 79.9. The fourth-order valence-electron chi connectivity index (χ4n) is 5.93. The van der Waals surface area contributed by atoms with E-state index >= 15 is 0 Å². The molecule has 2 aliphatic heterocycles. The smallest absolute Gasteiger partial charge is 0.410 e. The van der Waals surface area contributed by atoms with Gasteiger partial charge in [-0.1, -0.05) is 13.8 Å². The zero-order chi connectivity index (χ0) is 36.1. The molecule has 4 heterocycles. The zero-order valence-electron chi connectivity index (χ0n) is 29.8. The van der Waals surface area contributed by atoms with Gasteiger partial charge in [-0.3, -0.25) is 4.79 Å². The Kier molecular flexibility index (Phi) is 12.1. The van der Waals surface area contributed by atoms with Crippen LogP contribution in [0.15, 0.2) is 17.3 Å². The van der Waals surface area contributed by atoms with Crippen molar-refractivity contribution in [3.05, 3.63) is 34.1 Å². The van der Waals surface area contributed by atoms with E-state index in [1.165, 1.54) is 12.7 Å². The van der Waals surface area contributed by atoms with Crippen molar-refractivity contribution in [2.75, 3.05) is 62.2 Å². The standard InChI is InChI=1S/C17H24BrN5O2.C17H24N4O3/c1-12(5-6-19)13-14(18)20-11-21-15(13)22-7-9-23(10-8-22)16(24)25-17(2,3)4;1-11-9-12(22)14-13(11)15(19-10-18-14)20-5-7-21(8-6-20)16(23)24-17(2,3)4/h11-12H,5,7-10H2,1-4H3;10-11H,5-9H2,1-4H3/t12-;11-/m11/s1. The second-order valence-electron chi connectivity index (χ2n) is 14.6. The van der Waals surface area contributed by atoms with Crippen LogP contribution in [-0.2, 0) is 9.47 Å². The fourth-order valence-corrected chi connectivity index (χ4v) is 6.59. The molecule has 0 spiro atoms. The van der Waals surface area contributed by atoms with Gasteiger partial charge in [0.25, 0.3) is 0 Å². The van der Waals surface area contributed by atoms with Gasteiger partial charge in [0.15, 0.2) is 5.78 Å². The van der Waals surface area contributed by atoms with E-state index in [1.807, 2.05) is 55.4 Å². The summed E-state index contributed by atoms with van der Waals surface area (Å²) in [5.74, 6) is 1.93. The molecule has 14 nitrogen and oxygen atoms in total. The zero-order valence-corrected chi connectivity index (χ0v) is 31.4. The van der Waals surface area contributed by atoms with Crippen molar-refractivity contribution in [1.29, 1.82) is 5.26 Å². The first kappa shape index (κ1) is 37.8. The Morgan fingerprint density at radius 3 is 1.82 bits per heavy atom. The van der Waals surface area contributed by atoms with Crippen LogP contribution in [0, 0.1) is 11.3 Å². The summed E-state index contributed by atoms with van der Waals surface area (Å²) >= 11 is 3.48. The van der Waals surface area contributed by atoms with Crippen molar-refractivity contribution >= 4 is 45.5 Å². The minimum atomic E-state index is -0.494. The summed E-state index contributed by atoms with van der Waals surface area (Å²) in [5.41, 5.74) is 1.47. The van der Waals surface area contributed by atoms with Crippen LogP contribution >= 0.6 is 15.9 Å². The van der Waals surface area contributed by atoms with Crippen LogP contribution in [-0.4, -0.2) is 111 Å². The minimum absolute atomic E-state index is 0.0273. The Morgan fingerprint density at radius 1 is 0.857 bits per heavy atom. The molecule has 2 atom stereocenters. The molecule has 2 aromatic rings. The molecule has 1 aliphatic carbocycles. The number of carbonyl (C=O) groups excluding carboxylic acids is 3. The molecule has 5 rings (SSSR count). The maximum absolute atomic E-state index is 12.2. The first-order chi connectivity index (χ1) is 23.0. The Labute approximate surface area is 297 Å². The number of piperazine rings is 2. The fraction of sp³-hybridized carbons (Fsp3) is 0.647. The number of halogens is 1. The quantitative estimate of drug-likeness (QED) is 0.361. The van der Waals surface area contributed by atoms with Crippen LogP contribution in [0.4, 0.5) is 21.2 Å². The monoisotopic (exact) mass is 741 g/mol. The van der Waals surface area contributed by atoms with Crippen LogP contribution in [0.2, 0.25) is 0 Å². The summed E-state index contributed by atoms with van der Waals surface area (Å²) in [6, 6.07) is 2.20. The highest BCUT2D eigenvalue weighted by Gasteiger charge is 2.34. The lowest BCUT2D eigenvalue weighted by atomic mass is 10.00. The van der Waals surface area contributed by atoms with Gasteiger partial charge in [0, 0.05) is 82.2 Å². The number of ketones is 1. The van der Waals surface area contributed by atoms with Gasteiger partial charge in [0.1, 0.15) is 45.8 Å². The van der Waals surface area contributed by atoms with Gasteiger partial charge in [0.05, 0.1) is 6.07 Å². The third kappa shape index (κ3) is 9.77. The van der Waals surface area contributed by atoms with E-state index in [-0.39, 0.29) is 29.8 Å². The van der Waals surface area contributed by atoms with E-state index in [1.54, 1.807) is 9.80 Å². The largest absolute Gasteiger partial charge is 0.444 e. The third-order valence-corrected chi connectivity index (χ3v) is 8.91. The summed E-state index contributed by atoms with van der Waals surface area (Å²) in [6.45, 7) is 20.2. The van der Waals surface area contributed by atoms with Gasteiger partial charge in [0.2, 0.25) is 0 Å². The molecule has 0 saturated carbocycles. The van der Waals surface area contributed by atoms with Crippen molar-refractivity contribution in [3.63, 3.8) is 0 Å². The molecule has 0 N–H and O–H groups in total. The number of aromatic nitrogens is 4. The van der Waals surface area contributed by atoms with E-state index in [0.717, 1.165) is 27.4 Å². The number of ether oxygens (including phenoxy) is 2. The predicted octanol–water partition coefficient (Wildman–Crippen LogP) is 5.54. The maximum atomic E-state index is 12.2. The Hall–Kier alpha value is -4.06. The van der Waals surface area contributed by atoms with Gasteiger partial charge >= 0.3 is 12.2 Å². The Morgan fingerprint density at radius 2 is 1.33 bits per heavy atom. The Bertz CT molecular complexity index is 1550. The Balaban J connectivity index is 0.000000221. The molecule has 49 heavy (non-hydrogen) atoms. The van der Waals surface area contributed by atoms with Crippen LogP contribution in [0.1, 0.15) is 102 Å². The highest BCUT2D eigenvalue weighted by molar-refractivity contribution is 9.10. The van der Waals surface area contributed by atoms with E-state index in [2.05, 4.69) is 51.7 Å². The molecule has 0 radical (unpaired) electrons. The summed E-state index contributed by atoms with van der Waals surface area (Å²) < 4.78 is 11.6.